The summed E-state index contributed by atoms with van der Waals surface area (Å²) in [5, 5.41) is 2.98. The predicted octanol–water partition coefficient (Wildman–Crippen LogP) is 2.26. The molecule has 1 aliphatic rings. The molecule has 0 spiro atoms. The van der Waals surface area contributed by atoms with E-state index < -0.39 is 0 Å². The maximum Gasteiger partial charge on any atom is 0.251 e. The summed E-state index contributed by atoms with van der Waals surface area (Å²) in [6, 6.07) is 7.48. The maximum atomic E-state index is 12.2. The molecule has 0 saturated heterocycles. The van der Waals surface area contributed by atoms with E-state index in [1.165, 1.54) is 6.42 Å². The molecule has 1 heterocycles. The van der Waals surface area contributed by atoms with E-state index in [1.807, 2.05) is 35.0 Å². The number of benzene rings is 1. The van der Waals surface area contributed by atoms with Gasteiger partial charge in [0.25, 0.3) is 5.91 Å². The van der Waals surface area contributed by atoms with Gasteiger partial charge in [-0.1, -0.05) is 19.3 Å². The molecule has 22 heavy (non-hydrogen) atoms. The second-order valence-electron chi connectivity index (χ2n) is 6.12. The van der Waals surface area contributed by atoms with Gasteiger partial charge in [-0.2, -0.15) is 0 Å². The van der Waals surface area contributed by atoms with E-state index in [4.69, 9.17) is 5.73 Å². The van der Waals surface area contributed by atoms with Crippen LogP contribution >= 0.6 is 0 Å². The van der Waals surface area contributed by atoms with E-state index in [-0.39, 0.29) is 11.4 Å². The highest BCUT2D eigenvalue weighted by Crippen LogP contribution is 2.25. The maximum absolute atomic E-state index is 12.2. The van der Waals surface area contributed by atoms with Gasteiger partial charge in [-0.05, 0) is 37.1 Å². The average Bonchev–Trinajstić information content (AvgIpc) is 3.08. The van der Waals surface area contributed by atoms with E-state index in [2.05, 4.69) is 10.3 Å². The number of aromatic nitrogens is 2. The molecule has 0 unspecified atom stereocenters. The molecule has 3 rings (SSSR count). The molecule has 5 heteroatoms. The lowest BCUT2D eigenvalue weighted by molar-refractivity contribution is 0.0937. The standard InChI is InChI=1S/C17H22N4O/c18-17(8-2-1-3-9-17)12-20-16(22)14-4-6-15(7-5-14)21-11-10-19-13-21/h4-7,10-11,13H,1-3,8-9,12,18H2,(H,20,22). The molecule has 1 aromatic heterocycles. The van der Waals surface area contributed by atoms with Crippen LogP contribution in [0.1, 0.15) is 42.5 Å². The molecular formula is C17H22N4O. The first kappa shape index (κ1) is 14.8. The van der Waals surface area contributed by atoms with Crippen molar-refractivity contribution in [3.8, 4) is 5.69 Å². The van der Waals surface area contributed by atoms with Gasteiger partial charge in [0.15, 0.2) is 0 Å². The highest BCUT2D eigenvalue weighted by Gasteiger charge is 2.27. The fourth-order valence-electron chi connectivity index (χ4n) is 2.99. The summed E-state index contributed by atoms with van der Waals surface area (Å²) in [5.41, 5.74) is 7.76. The highest BCUT2D eigenvalue weighted by molar-refractivity contribution is 5.94. The Bertz CT molecular complexity index is 613. The van der Waals surface area contributed by atoms with Crippen LogP contribution in [0.25, 0.3) is 5.69 Å². The lowest BCUT2D eigenvalue weighted by Crippen LogP contribution is -2.51. The first-order valence-corrected chi connectivity index (χ1v) is 7.82. The Morgan fingerprint density at radius 3 is 2.59 bits per heavy atom. The van der Waals surface area contributed by atoms with E-state index >= 15 is 0 Å². The molecule has 1 saturated carbocycles. The zero-order chi connectivity index (χ0) is 15.4. The van der Waals surface area contributed by atoms with Crippen molar-refractivity contribution in [1.29, 1.82) is 0 Å². The van der Waals surface area contributed by atoms with E-state index in [0.717, 1.165) is 31.4 Å². The lowest BCUT2D eigenvalue weighted by Gasteiger charge is -2.33. The van der Waals surface area contributed by atoms with Crippen LogP contribution in [0.3, 0.4) is 0 Å². The third-order valence-corrected chi connectivity index (χ3v) is 4.38. The molecule has 1 amide bonds. The molecule has 0 atom stereocenters. The number of hydrogen-bond donors (Lipinski definition) is 2. The predicted molar refractivity (Wildman–Crippen MR) is 85.9 cm³/mol. The SMILES string of the molecule is NC1(CNC(=O)c2ccc(-n3ccnc3)cc2)CCCCC1. The van der Waals surface area contributed by atoms with Crippen LogP contribution in [0.2, 0.25) is 0 Å². The number of nitrogens with two attached hydrogens (primary N) is 1. The van der Waals surface area contributed by atoms with Gasteiger partial charge in [-0.25, -0.2) is 4.98 Å². The van der Waals surface area contributed by atoms with Crippen LogP contribution in [-0.2, 0) is 0 Å². The van der Waals surface area contributed by atoms with Crippen LogP contribution in [0.5, 0.6) is 0 Å². The van der Waals surface area contributed by atoms with Gasteiger partial charge in [0.1, 0.15) is 0 Å². The van der Waals surface area contributed by atoms with Gasteiger partial charge in [0.05, 0.1) is 6.33 Å². The van der Waals surface area contributed by atoms with Gasteiger partial charge in [-0.3, -0.25) is 4.79 Å². The van der Waals surface area contributed by atoms with Gasteiger partial charge >= 0.3 is 0 Å². The Morgan fingerprint density at radius 2 is 1.95 bits per heavy atom. The molecule has 116 valence electrons. The first-order valence-electron chi connectivity index (χ1n) is 7.82. The van der Waals surface area contributed by atoms with Crippen molar-refractivity contribution in [3.63, 3.8) is 0 Å². The van der Waals surface area contributed by atoms with Crippen LogP contribution in [0.15, 0.2) is 43.0 Å². The van der Waals surface area contributed by atoms with Crippen LogP contribution in [0.4, 0.5) is 0 Å². The lowest BCUT2D eigenvalue weighted by atomic mass is 9.82. The summed E-state index contributed by atoms with van der Waals surface area (Å²) < 4.78 is 1.90. The summed E-state index contributed by atoms with van der Waals surface area (Å²) >= 11 is 0. The fourth-order valence-corrected chi connectivity index (χ4v) is 2.99. The second kappa shape index (κ2) is 6.32. The minimum absolute atomic E-state index is 0.0624. The number of imidazole rings is 1. The number of carbonyl (C=O) groups is 1. The fraction of sp³-hybridized carbons (Fsp3) is 0.412. The molecule has 1 fully saturated rings. The Morgan fingerprint density at radius 1 is 1.23 bits per heavy atom. The topological polar surface area (TPSA) is 72.9 Å². The third-order valence-electron chi connectivity index (χ3n) is 4.38. The van der Waals surface area contributed by atoms with Crippen LogP contribution < -0.4 is 11.1 Å². The highest BCUT2D eigenvalue weighted by atomic mass is 16.1. The third kappa shape index (κ3) is 3.36. The van der Waals surface area contributed by atoms with Crippen molar-refractivity contribution < 1.29 is 4.79 Å². The molecule has 1 aromatic carbocycles. The van der Waals surface area contributed by atoms with Crippen molar-refractivity contribution in [3.05, 3.63) is 48.5 Å². The van der Waals surface area contributed by atoms with E-state index in [1.54, 1.807) is 12.5 Å². The molecule has 0 aliphatic heterocycles. The number of carbonyl (C=O) groups excluding carboxylic acids is 1. The molecule has 3 N–H and O–H groups in total. The Balaban J connectivity index is 1.60. The number of rotatable bonds is 4. The normalized spacial score (nSPS) is 17.1. The van der Waals surface area contributed by atoms with Gasteiger partial charge in [0, 0.05) is 35.7 Å². The minimum atomic E-state index is -0.231. The summed E-state index contributed by atoms with van der Waals surface area (Å²) in [4.78, 5) is 16.3. The molecule has 0 radical (unpaired) electrons. The van der Waals surface area contributed by atoms with Crippen molar-refractivity contribution in [2.75, 3.05) is 6.54 Å². The Labute approximate surface area is 130 Å². The van der Waals surface area contributed by atoms with Crippen LogP contribution in [0, 0.1) is 0 Å². The zero-order valence-corrected chi connectivity index (χ0v) is 12.7. The van der Waals surface area contributed by atoms with Gasteiger partial charge < -0.3 is 15.6 Å². The first-order chi connectivity index (χ1) is 10.7. The average molecular weight is 298 g/mol. The number of hydrogen-bond acceptors (Lipinski definition) is 3. The Kier molecular flexibility index (Phi) is 4.24. The monoisotopic (exact) mass is 298 g/mol. The van der Waals surface area contributed by atoms with E-state index in [9.17, 15) is 4.79 Å². The largest absolute Gasteiger partial charge is 0.350 e. The van der Waals surface area contributed by atoms with Gasteiger partial charge in [0.2, 0.25) is 0 Å². The zero-order valence-electron chi connectivity index (χ0n) is 12.7. The minimum Gasteiger partial charge on any atom is -0.350 e. The van der Waals surface area contributed by atoms with Crippen LogP contribution in [-0.4, -0.2) is 27.5 Å². The van der Waals surface area contributed by atoms with E-state index in [0.29, 0.717) is 12.1 Å². The number of amides is 1. The number of nitrogens with one attached hydrogen (secondary N) is 1. The molecule has 1 aliphatic carbocycles. The second-order valence-corrected chi connectivity index (χ2v) is 6.12. The van der Waals surface area contributed by atoms with Gasteiger partial charge in [-0.15, -0.1) is 0 Å². The summed E-state index contributed by atoms with van der Waals surface area (Å²) in [6.07, 6.45) is 10.9. The summed E-state index contributed by atoms with van der Waals surface area (Å²) in [6.45, 7) is 0.551. The number of nitrogens with zero attached hydrogens (tertiary/aromatic N) is 2. The molecular weight excluding hydrogens is 276 g/mol. The van der Waals surface area contributed by atoms with Crippen molar-refractivity contribution in [2.24, 2.45) is 5.73 Å². The smallest absolute Gasteiger partial charge is 0.251 e. The molecule has 5 nitrogen and oxygen atoms in total. The van der Waals surface area contributed by atoms with Crippen molar-refractivity contribution >= 4 is 5.91 Å². The molecule has 2 aromatic rings. The van der Waals surface area contributed by atoms with Crippen molar-refractivity contribution in [2.45, 2.75) is 37.6 Å². The summed E-state index contributed by atoms with van der Waals surface area (Å²) in [7, 11) is 0. The Hall–Kier alpha value is -2.14. The quantitative estimate of drug-likeness (QED) is 0.909. The molecule has 0 bridgehead atoms. The van der Waals surface area contributed by atoms with Crippen molar-refractivity contribution in [1.82, 2.24) is 14.9 Å². The summed E-state index contributed by atoms with van der Waals surface area (Å²) in [5.74, 6) is -0.0624.